The molecule has 0 bridgehead atoms. The van der Waals surface area contributed by atoms with Crippen molar-refractivity contribution in [3.8, 4) is 12.3 Å². The van der Waals surface area contributed by atoms with E-state index in [1.54, 1.807) is 0 Å². The second kappa shape index (κ2) is 5.64. The summed E-state index contributed by atoms with van der Waals surface area (Å²) in [5.74, 6) is 1.87. The third kappa shape index (κ3) is 7.39. The van der Waals surface area contributed by atoms with Crippen molar-refractivity contribution >= 4 is 5.97 Å². The van der Waals surface area contributed by atoms with Crippen LogP contribution in [0.25, 0.3) is 0 Å². The first-order chi connectivity index (χ1) is 5.98. The Morgan fingerprint density at radius 2 is 2.08 bits per heavy atom. The smallest absolute Gasteiger partial charge is 0.303 e. The predicted molar refractivity (Wildman–Crippen MR) is 53.3 cm³/mol. The summed E-state index contributed by atoms with van der Waals surface area (Å²) in [5.41, 5.74) is 0.106. The molecule has 1 N–H and O–H groups in total. The standard InChI is InChI=1S/C11H18O2/c1-4-5-6-8-11(2,3)9-7-10(12)13/h1H,5-9H2,2-3H3,(H,12,13). The Labute approximate surface area is 80.3 Å². The molecule has 0 aromatic heterocycles. The van der Waals surface area contributed by atoms with Crippen molar-refractivity contribution in [2.24, 2.45) is 5.41 Å². The molecule has 13 heavy (non-hydrogen) atoms. The average molecular weight is 182 g/mol. The molecule has 0 saturated carbocycles. The molecule has 74 valence electrons. The normalized spacial score (nSPS) is 10.8. The summed E-state index contributed by atoms with van der Waals surface area (Å²) in [4.78, 5) is 10.3. The fraction of sp³-hybridized carbons (Fsp3) is 0.727. The molecule has 0 aliphatic carbocycles. The second-order valence-electron chi connectivity index (χ2n) is 4.12. The molecule has 0 aliphatic heterocycles. The third-order valence-electron chi connectivity index (χ3n) is 2.19. The van der Waals surface area contributed by atoms with Crippen LogP contribution in [0.5, 0.6) is 0 Å². The number of carboxylic acid groups (broad SMARTS) is 1. The van der Waals surface area contributed by atoms with Crippen molar-refractivity contribution in [2.45, 2.75) is 46.0 Å². The molecule has 0 spiro atoms. The van der Waals surface area contributed by atoms with Gasteiger partial charge in [0, 0.05) is 12.8 Å². The first-order valence-electron chi connectivity index (χ1n) is 4.63. The van der Waals surface area contributed by atoms with Crippen molar-refractivity contribution in [2.75, 3.05) is 0 Å². The van der Waals surface area contributed by atoms with Crippen LogP contribution in [0.15, 0.2) is 0 Å². The van der Waals surface area contributed by atoms with E-state index in [2.05, 4.69) is 19.8 Å². The Hall–Kier alpha value is -0.970. The minimum atomic E-state index is -0.718. The zero-order valence-electron chi connectivity index (χ0n) is 8.47. The lowest BCUT2D eigenvalue weighted by molar-refractivity contribution is -0.137. The van der Waals surface area contributed by atoms with Gasteiger partial charge in [0.05, 0.1) is 0 Å². The van der Waals surface area contributed by atoms with E-state index in [4.69, 9.17) is 11.5 Å². The molecule has 0 atom stereocenters. The van der Waals surface area contributed by atoms with Crippen molar-refractivity contribution < 1.29 is 9.90 Å². The SMILES string of the molecule is C#CCCCC(C)(C)CCC(=O)O. The molecule has 0 fully saturated rings. The van der Waals surface area contributed by atoms with Gasteiger partial charge in [-0.05, 0) is 24.7 Å². The van der Waals surface area contributed by atoms with Crippen LogP contribution in [0.4, 0.5) is 0 Å². The zero-order chi connectivity index (χ0) is 10.3. The number of unbranched alkanes of at least 4 members (excludes halogenated alkanes) is 1. The average Bonchev–Trinajstić information content (AvgIpc) is 2.02. The number of rotatable bonds is 6. The monoisotopic (exact) mass is 182 g/mol. The van der Waals surface area contributed by atoms with Gasteiger partial charge in [0.1, 0.15) is 0 Å². The predicted octanol–water partition coefficient (Wildman–Crippen LogP) is 2.68. The van der Waals surface area contributed by atoms with Crippen LogP contribution < -0.4 is 0 Å². The largest absolute Gasteiger partial charge is 0.481 e. The third-order valence-corrected chi connectivity index (χ3v) is 2.19. The number of carboxylic acids is 1. The zero-order valence-corrected chi connectivity index (χ0v) is 8.47. The molecule has 0 unspecified atom stereocenters. The number of aliphatic carboxylic acids is 1. The van der Waals surface area contributed by atoms with Gasteiger partial charge >= 0.3 is 5.97 Å². The van der Waals surface area contributed by atoms with E-state index in [0.717, 1.165) is 25.7 Å². The van der Waals surface area contributed by atoms with E-state index in [1.165, 1.54) is 0 Å². The van der Waals surface area contributed by atoms with Gasteiger partial charge in [-0.15, -0.1) is 12.3 Å². The van der Waals surface area contributed by atoms with Crippen LogP contribution in [0.1, 0.15) is 46.0 Å². The maximum absolute atomic E-state index is 10.3. The first kappa shape index (κ1) is 12.0. The quantitative estimate of drug-likeness (QED) is 0.506. The second-order valence-corrected chi connectivity index (χ2v) is 4.12. The van der Waals surface area contributed by atoms with Gasteiger partial charge < -0.3 is 5.11 Å². The summed E-state index contributed by atoms with van der Waals surface area (Å²) < 4.78 is 0. The van der Waals surface area contributed by atoms with Gasteiger partial charge in [0.15, 0.2) is 0 Å². The lowest BCUT2D eigenvalue weighted by atomic mass is 9.83. The Morgan fingerprint density at radius 1 is 1.46 bits per heavy atom. The van der Waals surface area contributed by atoms with Gasteiger partial charge in [-0.3, -0.25) is 4.79 Å². The molecule has 0 saturated heterocycles. The maximum Gasteiger partial charge on any atom is 0.303 e. The Morgan fingerprint density at radius 3 is 2.54 bits per heavy atom. The van der Waals surface area contributed by atoms with Crippen LogP contribution in [0, 0.1) is 17.8 Å². The highest BCUT2D eigenvalue weighted by atomic mass is 16.4. The Kier molecular flexibility index (Phi) is 5.22. The Bertz CT molecular complexity index is 199. The van der Waals surface area contributed by atoms with Gasteiger partial charge in [-0.2, -0.15) is 0 Å². The van der Waals surface area contributed by atoms with E-state index >= 15 is 0 Å². The first-order valence-corrected chi connectivity index (χ1v) is 4.63. The number of terminal acetylenes is 1. The minimum absolute atomic E-state index is 0.106. The number of hydrogen-bond acceptors (Lipinski definition) is 1. The van der Waals surface area contributed by atoms with Crippen LogP contribution in [0.3, 0.4) is 0 Å². The molecule has 0 rings (SSSR count). The van der Waals surface area contributed by atoms with Crippen LogP contribution in [-0.2, 0) is 4.79 Å². The molecule has 2 nitrogen and oxygen atoms in total. The van der Waals surface area contributed by atoms with E-state index < -0.39 is 5.97 Å². The van der Waals surface area contributed by atoms with Crippen molar-refractivity contribution in [3.63, 3.8) is 0 Å². The van der Waals surface area contributed by atoms with Crippen molar-refractivity contribution in [1.82, 2.24) is 0 Å². The highest BCUT2D eigenvalue weighted by molar-refractivity contribution is 5.66. The Balaban J connectivity index is 3.67. The van der Waals surface area contributed by atoms with E-state index in [-0.39, 0.29) is 11.8 Å². The lowest BCUT2D eigenvalue weighted by Crippen LogP contribution is -2.13. The molecule has 2 heteroatoms. The highest BCUT2D eigenvalue weighted by Crippen LogP contribution is 2.28. The molecular formula is C11H18O2. The summed E-state index contributed by atoms with van der Waals surface area (Å²) in [5, 5.41) is 8.52. The van der Waals surface area contributed by atoms with Gasteiger partial charge in [0.2, 0.25) is 0 Å². The van der Waals surface area contributed by atoms with Crippen LogP contribution >= 0.6 is 0 Å². The van der Waals surface area contributed by atoms with Crippen molar-refractivity contribution in [3.05, 3.63) is 0 Å². The summed E-state index contributed by atoms with van der Waals surface area (Å²) >= 11 is 0. The lowest BCUT2D eigenvalue weighted by Gasteiger charge is -2.23. The van der Waals surface area contributed by atoms with Gasteiger partial charge in [0.25, 0.3) is 0 Å². The van der Waals surface area contributed by atoms with E-state index in [9.17, 15) is 4.79 Å². The fourth-order valence-corrected chi connectivity index (χ4v) is 1.24. The van der Waals surface area contributed by atoms with E-state index in [1.807, 2.05) is 0 Å². The molecule has 0 aromatic rings. The molecule has 0 radical (unpaired) electrons. The number of carbonyl (C=O) groups is 1. The fourth-order valence-electron chi connectivity index (χ4n) is 1.24. The summed E-state index contributed by atoms with van der Waals surface area (Å²) in [6.45, 7) is 4.18. The summed E-state index contributed by atoms with van der Waals surface area (Å²) in [6.07, 6.45) is 8.90. The van der Waals surface area contributed by atoms with Crippen LogP contribution in [0.2, 0.25) is 0 Å². The molecule has 0 heterocycles. The van der Waals surface area contributed by atoms with Crippen molar-refractivity contribution in [1.29, 1.82) is 0 Å². The minimum Gasteiger partial charge on any atom is -0.481 e. The molecule has 0 aromatic carbocycles. The van der Waals surface area contributed by atoms with E-state index in [0.29, 0.717) is 0 Å². The van der Waals surface area contributed by atoms with Crippen LogP contribution in [-0.4, -0.2) is 11.1 Å². The maximum atomic E-state index is 10.3. The molecular weight excluding hydrogens is 164 g/mol. The number of hydrogen-bond donors (Lipinski definition) is 1. The summed E-state index contributed by atoms with van der Waals surface area (Å²) in [6, 6.07) is 0. The molecule has 0 amide bonds. The topological polar surface area (TPSA) is 37.3 Å². The molecule has 0 aliphatic rings. The van der Waals surface area contributed by atoms with Gasteiger partial charge in [-0.25, -0.2) is 0 Å². The summed E-state index contributed by atoms with van der Waals surface area (Å²) in [7, 11) is 0. The highest BCUT2D eigenvalue weighted by Gasteiger charge is 2.18. The van der Waals surface area contributed by atoms with Gasteiger partial charge in [-0.1, -0.05) is 13.8 Å².